The van der Waals surface area contributed by atoms with Crippen LogP contribution in [0.2, 0.25) is 0 Å². The van der Waals surface area contributed by atoms with Crippen molar-refractivity contribution in [2.45, 2.75) is 9.16 Å². The van der Waals surface area contributed by atoms with Gasteiger partial charge in [-0.15, -0.1) is 47.0 Å². The highest BCUT2D eigenvalue weighted by atomic mass is 32.2. The van der Waals surface area contributed by atoms with Gasteiger partial charge in [0, 0.05) is 21.3 Å². The summed E-state index contributed by atoms with van der Waals surface area (Å²) in [7, 11) is 0. The van der Waals surface area contributed by atoms with Crippen LogP contribution < -0.4 is 0 Å². The Morgan fingerprint density at radius 2 is 1.37 bits per heavy atom. The van der Waals surface area contributed by atoms with Crippen LogP contribution in [0.3, 0.4) is 0 Å². The number of furan rings is 1. The van der Waals surface area contributed by atoms with Crippen LogP contribution in [0.5, 0.6) is 0 Å². The monoisotopic (exact) mass is 472 g/mol. The van der Waals surface area contributed by atoms with Gasteiger partial charge in [0.2, 0.25) is 10.2 Å². The summed E-state index contributed by atoms with van der Waals surface area (Å²) < 4.78 is 6.50. The zero-order chi connectivity index (χ0) is 19.2. The first-order valence-corrected chi connectivity index (χ1v) is 13.4. The number of rotatable bonds is 8. The molecule has 3 nitrogen and oxygen atoms in total. The molecule has 0 N–H and O–H groups in total. The molecule has 0 bridgehead atoms. The molecule has 9 heteroatoms. The lowest BCUT2D eigenvalue weighted by Crippen LogP contribution is -1.89. The van der Waals surface area contributed by atoms with Crippen LogP contribution in [0.4, 0.5) is 0 Å². The summed E-state index contributed by atoms with van der Waals surface area (Å²) >= 11 is 9.43. The summed E-state index contributed by atoms with van der Waals surface area (Å²) in [4.78, 5) is 25.1. The average molecular weight is 473 g/mol. The van der Waals surface area contributed by atoms with Crippen LogP contribution in [0.1, 0.15) is 20.7 Å². The third-order valence-electron chi connectivity index (χ3n) is 3.32. The minimum absolute atomic E-state index is 0.00299. The lowest BCUT2D eigenvalue weighted by Gasteiger charge is -2.08. The normalized spacial score (nSPS) is 21.6. The smallest absolute Gasteiger partial charge is 0.211 e. The molecular weight excluding hydrogens is 457 g/mol. The first kappa shape index (κ1) is 21.4. The van der Waals surface area contributed by atoms with Crippen molar-refractivity contribution >= 4 is 80.8 Å². The number of carbonyl (C=O) groups is 2. The van der Waals surface area contributed by atoms with Gasteiger partial charge in [0.15, 0.2) is 0 Å². The van der Waals surface area contributed by atoms with Crippen LogP contribution in [-0.2, 0) is 9.59 Å². The average Bonchev–Trinajstić information content (AvgIpc) is 3.43. The Kier molecular flexibility index (Phi) is 8.28. The Morgan fingerprint density at radius 1 is 0.926 bits per heavy atom. The Hall–Kier alpha value is -0.320. The van der Waals surface area contributed by atoms with Crippen molar-refractivity contribution < 1.29 is 14.0 Å². The van der Waals surface area contributed by atoms with E-state index in [1.165, 1.54) is 45.5 Å². The molecule has 0 aromatic carbocycles. The first-order valence-electron chi connectivity index (χ1n) is 7.79. The standard InChI is InChI=1S/C18H16O3S6/c1-3-15(19)22-7-11-9-24-17(26-11)13-5-6-14(21-13)18-25-10-12(27-18)8-23-16(20)4-2/h3-6,9-10,17-18H,1-2,7-8H2. The molecule has 0 saturated carbocycles. The van der Waals surface area contributed by atoms with E-state index in [1.807, 2.05) is 12.1 Å². The molecule has 1 aromatic heterocycles. The molecule has 0 fully saturated rings. The van der Waals surface area contributed by atoms with E-state index in [9.17, 15) is 9.59 Å². The second-order valence-electron chi connectivity index (χ2n) is 5.20. The fraction of sp³-hybridized carbons (Fsp3) is 0.222. The lowest BCUT2D eigenvalue weighted by molar-refractivity contribution is -0.107. The van der Waals surface area contributed by atoms with Gasteiger partial charge in [-0.3, -0.25) is 9.59 Å². The van der Waals surface area contributed by atoms with Crippen molar-refractivity contribution in [2.24, 2.45) is 0 Å². The molecule has 1 aromatic rings. The maximum atomic E-state index is 11.3. The minimum atomic E-state index is -0.00299. The molecule has 2 atom stereocenters. The summed E-state index contributed by atoms with van der Waals surface area (Å²) in [5, 5.41) is 4.20. The lowest BCUT2D eigenvalue weighted by atomic mass is 10.4. The van der Waals surface area contributed by atoms with Crippen LogP contribution in [-0.4, -0.2) is 21.7 Å². The van der Waals surface area contributed by atoms with E-state index in [1.54, 1.807) is 47.0 Å². The maximum absolute atomic E-state index is 11.3. The maximum Gasteiger partial charge on any atom is 0.211 e. The van der Waals surface area contributed by atoms with E-state index in [0.717, 1.165) is 11.5 Å². The van der Waals surface area contributed by atoms with Gasteiger partial charge in [-0.25, -0.2) is 0 Å². The fourth-order valence-corrected chi connectivity index (χ4v) is 8.72. The Labute approximate surface area is 184 Å². The van der Waals surface area contributed by atoms with E-state index in [2.05, 4.69) is 24.0 Å². The van der Waals surface area contributed by atoms with Gasteiger partial charge in [-0.2, -0.15) is 0 Å². The van der Waals surface area contributed by atoms with Crippen molar-refractivity contribution in [3.05, 3.63) is 69.6 Å². The van der Waals surface area contributed by atoms with Crippen molar-refractivity contribution in [1.82, 2.24) is 0 Å². The molecule has 27 heavy (non-hydrogen) atoms. The summed E-state index contributed by atoms with van der Waals surface area (Å²) in [5.41, 5.74) is 0. The van der Waals surface area contributed by atoms with E-state index < -0.39 is 0 Å². The van der Waals surface area contributed by atoms with Crippen molar-refractivity contribution in [2.75, 3.05) is 11.5 Å². The third-order valence-corrected chi connectivity index (χ3v) is 10.9. The molecule has 0 amide bonds. The molecule has 3 rings (SSSR count). The highest BCUT2D eigenvalue weighted by Gasteiger charge is 2.28. The van der Waals surface area contributed by atoms with Gasteiger partial charge >= 0.3 is 0 Å². The molecule has 0 saturated heterocycles. The Balaban J connectivity index is 1.49. The second-order valence-corrected chi connectivity index (χ2v) is 12.2. The first-order chi connectivity index (χ1) is 13.1. The molecule has 3 heterocycles. The minimum Gasteiger partial charge on any atom is -0.462 e. The largest absolute Gasteiger partial charge is 0.462 e. The van der Waals surface area contributed by atoms with Crippen LogP contribution in [0.25, 0.3) is 0 Å². The van der Waals surface area contributed by atoms with Gasteiger partial charge in [-0.1, -0.05) is 36.7 Å². The number of carbonyl (C=O) groups excluding carboxylic acids is 2. The molecular formula is C18H16O3S6. The van der Waals surface area contributed by atoms with Gasteiger partial charge in [0.25, 0.3) is 0 Å². The summed E-state index contributed by atoms with van der Waals surface area (Å²) in [6.45, 7) is 6.98. The van der Waals surface area contributed by atoms with Gasteiger partial charge in [0.1, 0.15) is 20.7 Å². The summed E-state index contributed by atoms with van der Waals surface area (Å²) in [5.74, 6) is 3.24. The van der Waals surface area contributed by atoms with E-state index in [-0.39, 0.29) is 19.4 Å². The molecule has 0 aliphatic carbocycles. The third kappa shape index (κ3) is 6.08. The van der Waals surface area contributed by atoms with E-state index in [4.69, 9.17) is 4.42 Å². The Morgan fingerprint density at radius 3 is 1.78 bits per heavy atom. The zero-order valence-electron chi connectivity index (χ0n) is 14.1. The van der Waals surface area contributed by atoms with E-state index in [0.29, 0.717) is 11.5 Å². The predicted molar refractivity (Wildman–Crippen MR) is 126 cm³/mol. The van der Waals surface area contributed by atoms with Crippen LogP contribution in [0, 0.1) is 0 Å². The highest BCUT2D eigenvalue weighted by Crippen LogP contribution is 2.55. The highest BCUT2D eigenvalue weighted by molar-refractivity contribution is 8.24. The fourth-order valence-electron chi connectivity index (χ4n) is 2.07. The number of thioether (sulfide) groups is 6. The van der Waals surface area contributed by atoms with Gasteiger partial charge in [0.05, 0.1) is 0 Å². The number of hydrogen-bond donors (Lipinski definition) is 0. The molecule has 0 radical (unpaired) electrons. The van der Waals surface area contributed by atoms with Crippen LogP contribution in [0.15, 0.2) is 62.5 Å². The molecule has 142 valence electrons. The summed E-state index contributed by atoms with van der Waals surface area (Å²) in [6.07, 6.45) is 2.69. The summed E-state index contributed by atoms with van der Waals surface area (Å²) in [6, 6.07) is 4.07. The van der Waals surface area contributed by atoms with Crippen molar-refractivity contribution in [3.8, 4) is 0 Å². The van der Waals surface area contributed by atoms with Crippen molar-refractivity contribution in [1.29, 1.82) is 0 Å². The second kappa shape index (κ2) is 10.5. The topological polar surface area (TPSA) is 47.3 Å². The molecule has 0 spiro atoms. The van der Waals surface area contributed by atoms with Gasteiger partial charge in [-0.05, 0) is 35.1 Å². The van der Waals surface area contributed by atoms with Gasteiger partial charge < -0.3 is 4.42 Å². The predicted octanol–water partition coefficient (Wildman–Crippen LogP) is 6.81. The van der Waals surface area contributed by atoms with Crippen molar-refractivity contribution in [3.63, 3.8) is 0 Å². The quantitative estimate of drug-likeness (QED) is 0.379. The van der Waals surface area contributed by atoms with Crippen LogP contribution >= 0.6 is 70.6 Å². The SMILES string of the molecule is C=CC(=O)SCC1=CSC(c2ccc(C3SC=C(CSC(=O)C=C)S3)o2)S1. The Bertz CT molecular complexity index is 745. The molecule has 2 unspecified atom stereocenters. The molecule has 2 aliphatic rings. The number of hydrogen-bond acceptors (Lipinski definition) is 9. The zero-order valence-corrected chi connectivity index (χ0v) is 19.0. The van der Waals surface area contributed by atoms with E-state index >= 15 is 0 Å². The molecule has 2 aliphatic heterocycles.